The quantitative estimate of drug-likeness (QED) is 0.801. The number of aromatic carboxylic acids is 1. The number of hydrogen-bond donors (Lipinski definition) is 1. The van der Waals surface area contributed by atoms with Crippen LogP contribution in [-0.2, 0) is 4.74 Å². The highest BCUT2D eigenvalue weighted by Crippen LogP contribution is 2.16. The predicted octanol–water partition coefficient (Wildman–Crippen LogP) is 0.958. The number of hydrogen-bond acceptors (Lipinski definition) is 5. The summed E-state index contributed by atoms with van der Waals surface area (Å²) in [6.45, 7) is 2.26. The molecule has 0 amide bonds. The van der Waals surface area contributed by atoms with Crippen molar-refractivity contribution in [2.24, 2.45) is 0 Å². The molecule has 0 aromatic carbocycles. The summed E-state index contributed by atoms with van der Waals surface area (Å²) < 4.78 is 5.08. The third kappa shape index (κ3) is 2.84. The summed E-state index contributed by atoms with van der Waals surface area (Å²) in [6.07, 6.45) is 5.82. The van der Waals surface area contributed by atoms with Gasteiger partial charge in [0.25, 0.3) is 0 Å². The lowest BCUT2D eigenvalue weighted by Crippen LogP contribution is -2.30. The molecular weight excluding hydrogens is 234 g/mol. The van der Waals surface area contributed by atoms with Gasteiger partial charge >= 0.3 is 5.97 Å². The number of nitrogens with zero attached hydrogens (tertiary/aromatic N) is 3. The van der Waals surface area contributed by atoms with Gasteiger partial charge < -0.3 is 14.7 Å². The van der Waals surface area contributed by atoms with Gasteiger partial charge in [-0.25, -0.2) is 14.8 Å². The maximum absolute atomic E-state index is 10.7. The number of methoxy groups -OCH3 is 1. The Kier molecular flexibility index (Phi) is 3.88. The van der Waals surface area contributed by atoms with Crippen LogP contribution in [0.1, 0.15) is 16.9 Å². The van der Waals surface area contributed by atoms with Crippen molar-refractivity contribution in [3.8, 4) is 0 Å². The molecule has 6 heteroatoms. The Labute approximate surface area is 105 Å². The molecule has 0 fully saturated rings. The molecule has 0 saturated carbocycles. The predicted molar refractivity (Wildman–Crippen MR) is 65.8 cm³/mol. The fraction of sp³-hybridized carbons (Fsp3) is 0.417. The van der Waals surface area contributed by atoms with Gasteiger partial charge in [-0.1, -0.05) is 6.08 Å². The summed E-state index contributed by atoms with van der Waals surface area (Å²) >= 11 is 0. The van der Waals surface area contributed by atoms with Gasteiger partial charge in [-0.3, -0.25) is 0 Å². The average molecular weight is 249 g/mol. The van der Waals surface area contributed by atoms with Crippen molar-refractivity contribution in [1.29, 1.82) is 0 Å². The van der Waals surface area contributed by atoms with Crippen LogP contribution in [0.15, 0.2) is 24.0 Å². The maximum atomic E-state index is 10.7. The molecule has 0 bridgehead atoms. The van der Waals surface area contributed by atoms with E-state index in [-0.39, 0.29) is 5.69 Å². The number of rotatable bonds is 4. The summed E-state index contributed by atoms with van der Waals surface area (Å²) in [6, 6.07) is 0. The molecule has 96 valence electrons. The number of carboxylic acids is 1. The van der Waals surface area contributed by atoms with Crippen molar-refractivity contribution in [2.75, 3.05) is 31.7 Å². The van der Waals surface area contributed by atoms with Gasteiger partial charge in [0.1, 0.15) is 5.82 Å². The van der Waals surface area contributed by atoms with Crippen LogP contribution in [0.3, 0.4) is 0 Å². The zero-order valence-corrected chi connectivity index (χ0v) is 10.2. The van der Waals surface area contributed by atoms with E-state index < -0.39 is 5.97 Å². The van der Waals surface area contributed by atoms with E-state index in [2.05, 4.69) is 20.9 Å². The molecule has 0 atom stereocenters. The van der Waals surface area contributed by atoms with Crippen molar-refractivity contribution in [3.63, 3.8) is 0 Å². The molecule has 1 aliphatic rings. The van der Waals surface area contributed by atoms with E-state index in [0.717, 1.165) is 19.5 Å². The van der Waals surface area contributed by atoms with Crippen LogP contribution in [-0.4, -0.2) is 47.8 Å². The van der Waals surface area contributed by atoms with Gasteiger partial charge in [-0.15, -0.1) is 0 Å². The molecule has 2 heterocycles. The summed E-state index contributed by atoms with van der Waals surface area (Å²) in [5.74, 6) is -0.359. The molecular formula is C12H15N3O3. The molecule has 1 aliphatic heterocycles. The zero-order valence-electron chi connectivity index (χ0n) is 10.2. The topological polar surface area (TPSA) is 75.5 Å². The minimum absolute atomic E-state index is 0.0358. The average Bonchev–Trinajstić information content (AvgIpc) is 2.40. The van der Waals surface area contributed by atoms with Crippen LogP contribution in [0.2, 0.25) is 0 Å². The Bertz CT molecular complexity index is 456. The molecule has 1 N–H and O–H groups in total. The zero-order chi connectivity index (χ0) is 13.0. The second-order valence-electron chi connectivity index (χ2n) is 4.06. The van der Waals surface area contributed by atoms with Crippen molar-refractivity contribution >= 4 is 11.8 Å². The second kappa shape index (κ2) is 5.59. The molecule has 0 aliphatic carbocycles. The summed E-state index contributed by atoms with van der Waals surface area (Å²) in [5.41, 5.74) is 1.25. The monoisotopic (exact) mass is 249 g/mol. The largest absolute Gasteiger partial charge is 0.476 e. The Morgan fingerprint density at radius 3 is 2.83 bits per heavy atom. The van der Waals surface area contributed by atoms with E-state index in [4.69, 9.17) is 9.84 Å². The van der Waals surface area contributed by atoms with E-state index >= 15 is 0 Å². The van der Waals surface area contributed by atoms with E-state index in [1.165, 1.54) is 18.0 Å². The summed E-state index contributed by atoms with van der Waals surface area (Å²) in [4.78, 5) is 20.7. The standard InChI is InChI=1S/C12H15N3O3/c1-18-8-9-2-4-15(5-3-9)11-7-13-10(6-14-11)12(16)17/h2,6-7H,3-5,8H2,1H3,(H,16,17). The van der Waals surface area contributed by atoms with Crippen molar-refractivity contribution in [2.45, 2.75) is 6.42 Å². The normalized spacial score (nSPS) is 15.4. The number of carbonyl (C=O) groups is 1. The fourth-order valence-corrected chi connectivity index (χ4v) is 1.83. The van der Waals surface area contributed by atoms with Crippen LogP contribution in [0, 0.1) is 0 Å². The second-order valence-corrected chi connectivity index (χ2v) is 4.06. The Balaban J connectivity index is 2.03. The van der Waals surface area contributed by atoms with Crippen molar-refractivity contribution in [3.05, 3.63) is 29.7 Å². The molecule has 1 aromatic rings. The van der Waals surface area contributed by atoms with Gasteiger partial charge in [-0.2, -0.15) is 0 Å². The first-order valence-corrected chi connectivity index (χ1v) is 5.68. The third-order valence-corrected chi connectivity index (χ3v) is 2.81. The maximum Gasteiger partial charge on any atom is 0.356 e. The van der Waals surface area contributed by atoms with Gasteiger partial charge in [0.15, 0.2) is 5.69 Å². The van der Waals surface area contributed by atoms with Crippen LogP contribution >= 0.6 is 0 Å². The van der Waals surface area contributed by atoms with Crippen molar-refractivity contribution < 1.29 is 14.6 Å². The van der Waals surface area contributed by atoms with Crippen LogP contribution in [0.4, 0.5) is 5.82 Å². The molecule has 0 spiro atoms. The lowest BCUT2D eigenvalue weighted by molar-refractivity contribution is 0.0690. The minimum atomic E-state index is -1.06. The van der Waals surface area contributed by atoms with Gasteiger partial charge in [-0.05, 0) is 12.0 Å². The Morgan fingerprint density at radius 1 is 1.50 bits per heavy atom. The molecule has 2 rings (SSSR count). The number of carboxylic acid groups (broad SMARTS) is 1. The number of ether oxygens (including phenoxy) is 1. The first kappa shape index (κ1) is 12.5. The van der Waals surface area contributed by atoms with E-state index in [0.29, 0.717) is 12.4 Å². The smallest absolute Gasteiger partial charge is 0.356 e. The molecule has 6 nitrogen and oxygen atoms in total. The Hall–Kier alpha value is -1.95. The first-order valence-electron chi connectivity index (χ1n) is 5.68. The highest BCUT2D eigenvalue weighted by atomic mass is 16.5. The first-order chi connectivity index (χ1) is 8.70. The SMILES string of the molecule is COCC1=CCN(c2cnc(C(=O)O)cn2)CC1. The Morgan fingerprint density at radius 2 is 2.33 bits per heavy atom. The molecule has 18 heavy (non-hydrogen) atoms. The van der Waals surface area contributed by atoms with Crippen LogP contribution in [0.25, 0.3) is 0 Å². The lowest BCUT2D eigenvalue weighted by atomic mass is 10.1. The summed E-state index contributed by atoms with van der Waals surface area (Å²) in [7, 11) is 1.68. The molecule has 1 aromatic heterocycles. The lowest BCUT2D eigenvalue weighted by Gasteiger charge is -2.26. The molecule has 0 radical (unpaired) electrons. The van der Waals surface area contributed by atoms with E-state index in [9.17, 15) is 4.79 Å². The van der Waals surface area contributed by atoms with Crippen molar-refractivity contribution in [1.82, 2.24) is 9.97 Å². The van der Waals surface area contributed by atoms with E-state index in [1.807, 2.05) is 0 Å². The molecule has 0 saturated heterocycles. The van der Waals surface area contributed by atoms with Crippen LogP contribution < -0.4 is 4.90 Å². The highest BCUT2D eigenvalue weighted by Gasteiger charge is 2.14. The third-order valence-electron chi connectivity index (χ3n) is 2.81. The van der Waals surface area contributed by atoms with Gasteiger partial charge in [0, 0.05) is 20.2 Å². The van der Waals surface area contributed by atoms with E-state index in [1.54, 1.807) is 7.11 Å². The van der Waals surface area contributed by atoms with Crippen LogP contribution in [0.5, 0.6) is 0 Å². The molecule has 0 unspecified atom stereocenters. The minimum Gasteiger partial charge on any atom is -0.476 e. The summed E-state index contributed by atoms with van der Waals surface area (Å²) in [5, 5.41) is 8.74. The number of anilines is 1. The fourth-order valence-electron chi connectivity index (χ4n) is 1.83. The van der Waals surface area contributed by atoms with Gasteiger partial charge in [0.2, 0.25) is 0 Å². The number of aromatic nitrogens is 2. The van der Waals surface area contributed by atoms with Gasteiger partial charge in [0.05, 0.1) is 19.0 Å². The highest BCUT2D eigenvalue weighted by molar-refractivity contribution is 5.84.